The molecule has 3 rings (SSSR count). The molecule has 0 amide bonds. The Bertz CT molecular complexity index is 905. The molecular formula is C23H33N3O5. The lowest BCUT2D eigenvalue weighted by atomic mass is 9.96. The van der Waals surface area contributed by atoms with E-state index in [1.54, 1.807) is 24.9 Å². The number of pyridine rings is 1. The summed E-state index contributed by atoms with van der Waals surface area (Å²) in [7, 11) is 3.22. The topological polar surface area (TPSA) is 87.4 Å². The van der Waals surface area contributed by atoms with Gasteiger partial charge in [-0.3, -0.25) is 14.6 Å². The minimum Gasteiger partial charge on any atom is -0.507 e. The Morgan fingerprint density at radius 3 is 2.32 bits per heavy atom. The van der Waals surface area contributed by atoms with Crippen molar-refractivity contribution >= 4 is 0 Å². The van der Waals surface area contributed by atoms with Gasteiger partial charge in [-0.15, -0.1) is 0 Å². The van der Waals surface area contributed by atoms with E-state index in [0.29, 0.717) is 31.0 Å². The molecule has 0 spiro atoms. The number of hydrogen-bond donors (Lipinski definition) is 2. The number of aromatic hydroxyl groups is 1. The van der Waals surface area contributed by atoms with E-state index in [-0.39, 0.29) is 24.0 Å². The first-order chi connectivity index (χ1) is 15.0. The van der Waals surface area contributed by atoms with E-state index >= 15 is 0 Å². The summed E-state index contributed by atoms with van der Waals surface area (Å²) in [6.07, 6.45) is 0. The molecule has 170 valence electrons. The first-order valence-corrected chi connectivity index (χ1v) is 10.6. The van der Waals surface area contributed by atoms with Crippen molar-refractivity contribution in [3.8, 4) is 11.5 Å². The minimum absolute atomic E-state index is 0.00905. The third-order valence-electron chi connectivity index (χ3n) is 5.94. The zero-order valence-corrected chi connectivity index (χ0v) is 18.6. The number of aryl methyl sites for hydroxylation is 1. The summed E-state index contributed by atoms with van der Waals surface area (Å²) in [6, 6.07) is 8.91. The maximum Gasteiger partial charge on any atom is 0.259 e. The standard InChI is InChI=1S/C23H33N3O5/c1-17-16-20(28)21(23(29)26(17)13-15-30-2)22(18-4-6-19(31-3)7-5-18)25-10-8-24(9-11-25)12-14-27/h4-7,16,22,27-28H,8-15H2,1-3H3. The third-order valence-corrected chi connectivity index (χ3v) is 5.94. The van der Waals surface area contributed by atoms with Gasteiger partial charge in [-0.2, -0.15) is 0 Å². The number of methoxy groups -OCH3 is 2. The molecule has 8 heteroatoms. The van der Waals surface area contributed by atoms with E-state index in [1.165, 1.54) is 0 Å². The molecule has 1 aliphatic rings. The maximum absolute atomic E-state index is 13.5. The predicted molar refractivity (Wildman–Crippen MR) is 119 cm³/mol. The number of hydrogen-bond acceptors (Lipinski definition) is 7. The van der Waals surface area contributed by atoms with E-state index in [0.717, 1.165) is 37.5 Å². The highest BCUT2D eigenvalue weighted by atomic mass is 16.5. The number of benzene rings is 1. The Morgan fingerprint density at radius 2 is 1.74 bits per heavy atom. The zero-order valence-electron chi connectivity index (χ0n) is 18.6. The molecule has 0 aliphatic carbocycles. The number of aliphatic hydroxyl groups is 1. The second-order valence-electron chi connectivity index (χ2n) is 7.81. The van der Waals surface area contributed by atoms with E-state index < -0.39 is 0 Å². The van der Waals surface area contributed by atoms with Crippen molar-refractivity contribution in [2.75, 3.05) is 60.2 Å². The molecule has 1 saturated heterocycles. The van der Waals surface area contributed by atoms with Crippen LogP contribution in [0.15, 0.2) is 35.1 Å². The van der Waals surface area contributed by atoms with Gasteiger partial charge in [0.15, 0.2) is 0 Å². The number of aromatic nitrogens is 1. The lowest BCUT2D eigenvalue weighted by molar-refractivity contribution is 0.0931. The molecule has 1 unspecified atom stereocenters. The van der Waals surface area contributed by atoms with E-state index in [1.807, 2.05) is 31.2 Å². The highest BCUT2D eigenvalue weighted by Gasteiger charge is 2.31. The van der Waals surface area contributed by atoms with E-state index in [2.05, 4.69) is 9.80 Å². The third kappa shape index (κ3) is 5.27. The van der Waals surface area contributed by atoms with Crippen molar-refractivity contribution < 1.29 is 19.7 Å². The molecule has 2 N–H and O–H groups in total. The average molecular weight is 432 g/mol. The van der Waals surface area contributed by atoms with Crippen LogP contribution in [-0.4, -0.2) is 84.7 Å². The summed E-state index contributed by atoms with van der Waals surface area (Å²) in [5.41, 5.74) is 1.80. The SMILES string of the molecule is COCCn1c(C)cc(O)c(C(c2ccc(OC)cc2)N2CCN(CCO)CC2)c1=O. The van der Waals surface area contributed by atoms with Crippen LogP contribution in [0.1, 0.15) is 22.9 Å². The molecule has 31 heavy (non-hydrogen) atoms. The Balaban J connectivity index is 2.05. The highest BCUT2D eigenvalue weighted by Crippen LogP contribution is 2.34. The zero-order chi connectivity index (χ0) is 22.4. The highest BCUT2D eigenvalue weighted by molar-refractivity contribution is 5.42. The van der Waals surface area contributed by atoms with Gasteiger partial charge < -0.3 is 24.3 Å². The molecule has 0 radical (unpaired) electrons. The number of nitrogens with zero attached hydrogens (tertiary/aromatic N) is 3. The number of ether oxygens (including phenoxy) is 2. The van der Waals surface area contributed by atoms with Crippen molar-refractivity contribution in [1.82, 2.24) is 14.4 Å². The largest absolute Gasteiger partial charge is 0.507 e. The monoisotopic (exact) mass is 431 g/mol. The maximum atomic E-state index is 13.5. The lowest BCUT2D eigenvalue weighted by Crippen LogP contribution is -2.49. The van der Waals surface area contributed by atoms with Crippen LogP contribution in [0.5, 0.6) is 11.5 Å². The van der Waals surface area contributed by atoms with Gasteiger partial charge in [0.25, 0.3) is 5.56 Å². The Morgan fingerprint density at radius 1 is 1.06 bits per heavy atom. The molecule has 1 aromatic carbocycles. The lowest BCUT2D eigenvalue weighted by Gasteiger charge is -2.39. The molecule has 0 saturated carbocycles. The molecule has 0 bridgehead atoms. The van der Waals surface area contributed by atoms with Gasteiger partial charge in [-0.05, 0) is 30.7 Å². The summed E-state index contributed by atoms with van der Waals surface area (Å²) in [4.78, 5) is 17.9. The molecule has 1 fully saturated rings. The van der Waals surface area contributed by atoms with Gasteiger partial charge in [0.05, 0.1) is 31.9 Å². The number of aliphatic hydroxyl groups excluding tert-OH is 1. The fourth-order valence-electron chi connectivity index (χ4n) is 4.22. The van der Waals surface area contributed by atoms with Crippen LogP contribution in [-0.2, 0) is 11.3 Å². The van der Waals surface area contributed by atoms with Gasteiger partial charge in [0, 0.05) is 52.1 Å². The minimum atomic E-state index is -0.385. The molecule has 1 aliphatic heterocycles. The van der Waals surface area contributed by atoms with Crippen LogP contribution in [0.4, 0.5) is 0 Å². The number of β-amino-alcohol motifs (C(OH)–C–C–N with tert-alkyl or cyclic N) is 1. The Labute approximate surface area is 183 Å². The fourth-order valence-corrected chi connectivity index (χ4v) is 4.22. The number of rotatable bonds is 9. The van der Waals surface area contributed by atoms with E-state index in [4.69, 9.17) is 9.47 Å². The quantitative estimate of drug-likeness (QED) is 0.617. The predicted octanol–water partition coefficient (Wildman–Crippen LogP) is 1.22. The van der Waals surface area contributed by atoms with Crippen molar-refractivity contribution in [2.45, 2.75) is 19.5 Å². The van der Waals surface area contributed by atoms with E-state index in [9.17, 15) is 15.0 Å². The van der Waals surface area contributed by atoms with Crippen LogP contribution >= 0.6 is 0 Å². The molecule has 2 heterocycles. The summed E-state index contributed by atoms with van der Waals surface area (Å²) in [5, 5.41) is 20.1. The molecule has 8 nitrogen and oxygen atoms in total. The summed E-state index contributed by atoms with van der Waals surface area (Å²) < 4.78 is 12.1. The molecular weight excluding hydrogens is 398 g/mol. The average Bonchev–Trinajstić information content (AvgIpc) is 2.77. The van der Waals surface area contributed by atoms with Crippen molar-refractivity contribution in [3.05, 3.63) is 57.5 Å². The molecule has 1 atom stereocenters. The summed E-state index contributed by atoms with van der Waals surface area (Å²) >= 11 is 0. The van der Waals surface area contributed by atoms with Crippen LogP contribution in [0.2, 0.25) is 0 Å². The Hall–Kier alpha value is -2.39. The molecule has 2 aromatic rings. The second-order valence-corrected chi connectivity index (χ2v) is 7.81. The van der Waals surface area contributed by atoms with Gasteiger partial charge in [0.1, 0.15) is 11.5 Å². The van der Waals surface area contributed by atoms with Crippen LogP contribution in [0, 0.1) is 6.92 Å². The summed E-state index contributed by atoms with van der Waals surface area (Å²) in [6.45, 7) is 6.45. The first kappa shape index (κ1) is 23.3. The van der Waals surface area contributed by atoms with Crippen molar-refractivity contribution in [1.29, 1.82) is 0 Å². The fraction of sp³-hybridized carbons (Fsp3) is 0.522. The van der Waals surface area contributed by atoms with Crippen LogP contribution in [0.25, 0.3) is 0 Å². The normalized spacial score (nSPS) is 16.4. The van der Waals surface area contributed by atoms with Gasteiger partial charge in [0.2, 0.25) is 0 Å². The second kappa shape index (κ2) is 10.8. The van der Waals surface area contributed by atoms with Gasteiger partial charge in [-0.25, -0.2) is 0 Å². The van der Waals surface area contributed by atoms with Crippen molar-refractivity contribution in [2.24, 2.45) is 0 Å². The smallest absolute Gasteiger partial charge is 0.259 e. The summed E-state index contributed by atoms with van der Waals surface area (Å²) in [5.74, 6) is 0.746. The first-order valence-electron chi connectivity index (χ1n) is 10.6. The van der Waals surface area contributed by atoms with Crippen LogP contribution in [0.3, 0.4) is 0 Å². The van der Waals surface area contributed by atoms with Gasteiger partial charge in [-0.1, -0.05) is 12.1 Å². The Kier molecular flexibility index (Phi) is 8.09. The van der Waals surface area contributed by atoms with Crippen LogP contribution < -0.4 is 10.3 Å². The molecule has 1 aromatic heterocycles. The number of piperazine rings is 1. The van der Waals surface area contributed by atoms with Gasteiger partial charge >= 0.3 is 0 Å². The van der Waals surface area contributed by atoms with Crippen molar-refractivity contribution in [3.63, 3.8) is 0 Å².